The van der Waals surface area contributed by atoms with Crippen molar-refractivity contribution >= 4 is 22.5 Å². The van der Waals surface area contributed by atoms with Gasteiger partial charge in [-0.15, -0.1) is 0 Å². The number of methoxy groups -OCH3 is 1. The van der Waals surface area contributed by atoms with E-state index in [2.05, 4.69) is 0 Å². The van der Waals surface area contributed by atoms with E-state index in [9.17, 15) is 9.59 Å². The van der Waals surface area contributed by atoms with Crippen LogP contribution in [0.3, 0.4) is 0 Å². The number of carbonyl (C=O) groups excluding carboxylic acids is 2. The SMILES string of the molecule is CC.CCC(C(C)=O)c1oc2ccc(OC)cc2c1C(=O)c1ccccc1. The standard InChI is InChI=1S/C21H20O4.C2H6/c1-4-16(13(2)22)21-19(20(23)14-8-6-5-7-9-14)17-12-15(24-3)10-11-18(17)25-21;1-2/h5-12,16H,4H2,1-3H3;1-2H3. The largest absolute Gasteiger partial charge is 0.497 e. The van der Waals surface area contributed by atoms with E-state index >= 15 is 0 Å². The lowest BCUT2D eigenvalue weighted by atomic mass is 9.91. The summed E-state index contributed by atoms with van der Waals surface area (Å²) in [5, 5.41) is 0.669. The Morgan fingerprint density at radius 3 is 2.30 bits per heavy atom. The number of hydrogen-bond acceptors (Lipinski definition) is 4. The third-order valence-corrected chi connectivity index (χ3v) is 4.40. The lowest BCUT2D eigenvalue weighted by Crippen LogP contribution is -2.12. The van der Waals surface area contributed by atoms with Crippen molar-refractivity contribution in [2.45, 2.75) is 40.0 Å². The van der Waals surface area contributed by atoms with Crippen LogP contribution in [-0.2, 0) is 4.79 Å². The topological polar surface area (TPSA) is 56.5 Å². The molecule has 4 nitrogen and oxygen atoms in total. The highest BCUT2D eigenvalue weighted by Gasteiger charge is 2.29. The van der Waals surface area contributed by atoms with Gasteiger partial charge in [-0.2, -0.15) is 0 Å². The molecular weight excluding hydrogens is 340 g/mol. The molecule has 0 bridgehead atoms. The molecule has 1 atom stereocenters. The highest BCUT2D eigenvalue weighted by molar-refractivity contribution is 6.17. The molecule has 0 radical (unpaired) electrons. The molecular formula is C23H26O4. The molecule has 142 valence electrons. The quantitative estimate of drug-likeness (QED) is 0.519. The minimum atomic E-state index is -0.443. The molecule has 1 unspecified atom stereocenters. The molecule has 0 fully saturated rings. The molecule has 3 aromatic rings. The van der Waals surface area contributed by atoms with Crippen molar-refractivity contribution in [1.29, 1.82) is 0 Å². The van der Waals surface area contributed by atoms with E-state index in [0.29, 0.717) is 40.0 Å². The van der Waals surface area contributed by atoms with Crippen LogP contribution in [0.25, 0.3) is 11.0 Å². The number of Topliss-reactive ketones (excluding diaryl/α,β-unsaturated/α-hetero) is 1. The number of benzene rings is 2. The summed E-state index contributed by atoms with van der Waals surface area (Å²) in [7, 11) is 1.57. The van der Waals surface area contributed by atoms with Crippen LogP contribution in [0.2, 0.25) is 0 Å². The van der Waals surface area contributed by atoms with Crippen LogP contribution in [0.5, 0.6) is 5.75 Å². The Morgan fingerprint density at radius 2 is 1.74 bits per heavy atom. The fraction of sp³-hybridized carbons (Fsp3) is 0.304. The molecule has 0 saturated heterocycles. The molecule has 1 heterocycles. The minimum Gasteiger partial charge on any atom is -0.497 e. The molecule has 2 aromatic carbocycles. The number of ether oxygens (including phenoxy) is 1. The highest BCUT2D eigenvalue weighted by atomic mass is 16.5. The van der Waals surface area contributed by atoms with Gasteiger partial charge in [-0.25, -0.2) is 0 Å². The van der Waals surface area contributed by atoms with Gasteiger partial charge in [-0.1, -0.05) is 51.1 Å². The smallest absolute Gasteiger partial charge is 0.197 e. The van der Waals surface area contributed by atoms with Crippen molar-refractivity contribution in [1.82, 2.24) is 0 Å². The summed E-state index contributed by atoms with van der Waals surface area (Å²) in [6, 6.07) is 14.4. The Kier molecular flexibility index (Phi) is 6.94. The third-order valence-electron chi connectivity index (χ3n) is 4.40. The molecule has 1 aromatic heterocycles. The Balaban J connectivity index is 0.00000126. The van der Waals surface area contributed by atoms with Crippen LogP contribution in [0, 0.1) is 0 Å². The van der Waals surface area contributed by atoms with Crippen molar-refractivity contribution in [2.75, 3.05) is 7.11 Å². The minimum absolute atomic E-state index is 0.0179. The van der Waals surface area contributed by atoms with E-state index in [1.165, 1.54) is 6.92 Å². The van der Waals surface area contributed by atoms with Crippen molar-refractivity contribution in [3.8, 4) is 5.75 Å². The Labute approximate surface area is 160 Å². The van der Waals surface area contributed by atoms with Crippen molar-refractivity contribution < 1.29 is 18.7 Å². The normalized spacial score (nSPS) is 11.4. The Bertz CT molecular complexity index is 922. The van der Waals surface area contributed by atoms with Crippen LogP contribution >= 0.6 is 0 Å². The second-order valence-electron chi connectivity index (χ2n) is 5.97. The first-order valence-electron chi connectivity index (χ1n) is 9.27. The van der Waals surface area contributed by atoms with Gasteiger partial charge in [0.1, 0.15) is 22.9 Å². The molecule has 0 N–H and O–H groups in total. The molecule has 4 heteroatoms. The van der Waals surface area contributed by atoms with Crippen molar-refractivity contribution in [3.05, 3.63) is 65.4 Å². The van der Waals surface area contributed by atoms with Gasteiger partial charge >= 0.3 is 0 Å². The summed E-state index contributed by atoms with van der Waals surface area (Å²) in [5.41, 5.74) is 1.59. The maximum absolute atomic E-state index is 13.2. The van der Waals surface area contributed by atoms with E-state index in [4.69, 9.17) is 9.15 Å². The molecule has 0 aliphatic carbocycles. The van der Waals surface area contributed by atoms with E-state index in [0.717, 1.165) is 0 Å². The maximum Gasteiger partial charge on any atom is 0.197 e. The van der Waals surface area contributed by atoms with Crippen molar-refractivity contribution in [3.63, 3.8) is 0 Å². The van der Waals surface area contributed by atoms with E-state index in [-0.39, 0.29) is 11.6 Å². The first-order valence-corrected chi connectivity index (χ1v) is 9.27. The summed E-state index contributed by atoms with van der Waals surface area (Å²) in [4.78, 5) is 25.3. The van der Waals surface area contributed by atoms with Crippen molar-refractivity contribution in [2.24, 2.45) is 0 Å². The Morgan fingerprint density at radius 1 is 1.07 bits per heavy atom. The Hall–Kier alpha value is -2.88. The van der Waals surface area contributed by atoms with Gasteiger partial charge in [0.15, 0.2) is 5.78 Å². The number of fused-ring (bicyclic) bond motifs is 1. The molecule has 0 aliphatic rings. The number of rotatable bonds is 6. The number of ketones is 2. The fourth-order valence-electron chi connectivity index (χ4n) is 3.09. The zero-order valence-corrected chi connectivity index (χ0v) is 16.5. The molecule has 0 spiro atoms. The van der Waals surface area contributed by atoms with Crippen LogP contribution in [0.15, 0.2) is 52.9 Å². The lowest BCUT2D eigenvalue weighted by Gasteiger charge is -2.10. The van der Waals surface area contributed by atoms with Gasteiger partial charge < -0.3 is 9.15 Å². The fourth-order valence-corrected chi connectivity index (χ4v) is 3.09. The number of furan rings is 1. The molecule has 0 aliphatic heterocycles. The summed E-state index contributed by atoms with van der Waals surface area (Å²) in [5.74, 6) is 0.462. The lowest BCUT2D eigenvalue weighted by molar-refractivity contribution is -0.118. The molecule has 0 saturated carbocycles. The zero-order valence-electron chi connectivity index (χ0n) is 16.5. The summed E-state index contributed by atoms with van der Waals surface area (Å²) >= 11 is 0. The van der Waals surface area contributed by atoms with E-state index < -0.39 is 5.92 Å². The average molecular weight is 366 g/mol. The van der Waals surface area contributed by atoms with Gasteiger partial charge in [-0.05, 0) is 31.5 Å². The van der Waals surface area contributed by atoms with Gasteiger partial charge in [0.25, 0.3) is 0 Å². The number of hydrogen-bond donors (Lipinski definition) is 0. The highest BCUT2D eigenvalue weighted by Crippen LogP contribution is 2.36. The second kappa shape index (κ2) is 9.17. The monoisotopic (exact) mass is 366 g/mol. The predicted molar refractivity (Wildman–Crippen MR) is 108 cm³/mol. The van der Waals surface area contributed by atoms with Crippen LogP contribution in [0.1, 0.15) is 61.7 Å². The van der Waals surface area contributed by atoms with Gasteiger partial charge in [0.2, 0.25) is 0 Å². The summed E-state index contributed by atoms with van der Waals surface area (Å²) in [6.45, 7) is 7.44. The van der Waals surface area contributed by atoms with Gasteiger partial charge in [0.05, 0.1) is 18.6 Å². The summed E-state index contributed by atoms with van der Waals surface area (Å²) < 4.78 is 11.2. The summed E-state index contributed by atoms with van der Waals surface area (Å²) in [6.07, 6.45) is 0.571. The maximum atomic E-state index is 13.2. The van der Waals surface area contributed by atoms with Gasteiger partial charge in [0, 0.05) is 10.9 Å². The first-order chi connectivity index (χ1) is 13.1. The van der Waals surface area contributed by atoms with Gasteiger partial charge in [-0.3, -0.25) is 9.59 Å². The molecule has 0 amide bonds. The molecule has 3 rings (SSSR count). The third kappa shape index (κ3) is 4.11. The van der Waals surface area contributed by atoms with Crippen LogP contribution in [-0.4, -0.2) is 18.7 Å². The zero-order chi connectivity index (χ0) is 20.0. The van der Waals surface area contributed by atoms with Crippen LogP contribution in [0.4, 0.5) is 0 Å². The number of carbonyl (C=O) groups is 2. The van der Waals surface area contributed by atoms with E-state index in [1.54, 1.807) is 37.4 Å². The second-order valence-corrected chi connectivity index (χ2v) is 5.97. The van der Waals surface area contributed by atoms with E-state index in [1.807, 2.05) is 39.0 Å². The predicted octanol–water partition coefficient (Wildman–Crippen LogP) is 5.78. The first kappa shape index (κ1) is 20.4. The van der Waals surface area contributed by atoms with Crippen LogP contribution < -0.4 is 4.74 Å². The molecule has 27 heavy (non-hydrogen) atoms. The average Bonchev–Trinajstić information content (AvgIpc) is 3.07.